The van der Waals surface area contributed by atoms with Crippen molar-refractivity contribution in [3.05, 3.63) is 47.6 Å². The maximum Gasteiger partial charge on any atom is 0.307 e. The number of aryl methyl sites for hydroxylation is 1. The fourth-order valence-electron chi connectivity index (χ4n) is 3.39. The van der Waals surface area contributed by atoms with Gasteiger partial charge >= 0.3 is 5.97 Å². The van der Waals surface area contributed by atoms with Crippen molar-refractivity contribution < 1.29 is 14.4 Å². The van der Waals surface area contributed by atoms with Crippen LogP contribution in [0.4, 0.5) is 0 Å². The van der Waals surface area contributed by atoms with Crippen LogP contribution in [0, 0.1) is 5.92 Å². The van der Waals surface area contributed by atoms with Gasteiger partial charge in [-0.15, -0.1) is 0 Å². The fraction of sp³-hybridized carbons (Fsp3) is 0.526. The highest BCUT2D eigenvalue weighted by Crippen LogP contribution is 2.32. The Bertz CT molecular complexity index is 686. The van der Waals surface area contributed by atoms with Crippen LogP contribution in [0.25, 0.3) is 0 Å². The summed E-state index contributed by atoms with van der Waals surface area (Å²) in [6.07, 6.45) is 4.78. The van der Waals surface area contributed by atoms with Crippen molar-refractivity contribution in [1.29, 1.82) is 0 Å². The highest BCUT2D eigenvalue weighted by molar-refractivity contribution is 5.70. The first kappa shape index (κ1) is 17.6. The maximum atomic E-state index is 11.3. The zero-order chi connectivity index (χ0) is 17.6. The maximum absolute atomic E-state index is 11.3. The first-order valence-corrected chi connectivity index (χ1v) is 9.03. The quantitative estimate of drug-likeness (QED) is 0.741. The van der Waals surface area contributed by atoms with Gasteiger partial charge in [0.25, 0.3) is 0 Å². The first-order valence-electron chi connectivity index (χ1n) is 9.03. The second kappa shape index (κ2) is 8.25. The molecule has 2 unspecified atom stereocenters. The van der Waals surface area contributed by atoms with Crippen LogP contribution in [0.2, 0.25) is 0 Å². The standard InChI is InChI=1S/C19H25N3O3/c1-2-3-5-10-16-20-18(21-25-16)17(14-8-6-4-7-9-14)22-12-11-15(13-22)19(23)24/h4,6-9,15,17H,2-3,5,10-13H2,1H3,(H,23,24). The van der Waals surface area contributed by atoms with Crippen LogP contribution >= 0.6 is 0 Å². The number of carboxylic acids is 1. The normalized spacial score (nSPS) is 19.2. The molecule has 0 aliphatic carbocycles. The minimum absolute atomic E-state index is 0.158. The van der Waals surface area contributed by atoms with Crippen molar-refractivity contribution in [2.24, 2.45) is 5.92 Å². The van der Waals surface area contributed by atoms with Gasteiger partial charge in [-0.1, -0.05) is 55.3 Å². The van der Waals surface area contributed by atoms with E-state index in [-0.39, 0.29) is 12.0 Å². The lowest BCUT2D eigenvalue weighted by Gasteiger charge is -2.25. The Kier molecular flexibility index (Phi) is 5.81. The smallest absolute Gasteiger partial charge is 0.307 e. The van der Waals surface area contributed by atoms with E-state index in [1.165, 1.54) is 0 Å². The number of benzene rings is 1. The SMILES string of the molecule is CCCCCc1nc(C(c2ccccc2)N2CCC(C(=O)O)C2)no1. The van der Waals surface area contributed by atoms with Crippen molar-refractivity contribution >= 4 is 5.97 Å². The van der Waals surface area contributed by atoms with E-state index >= 15 is 0 Å². The number of likely N-dealkylation sites (tertiary alicyclic amines) is 1. The summed E-state index contributed by atoms with van der Waals surface area (Å²) >= 11 is 0. The molecule has 1 aliphatic heterocycles. The molecular weight excluding hydrogens is 318 g/mol. The summed E-state index contributed by atoms with van der Waals surface area (Å²) < 4.78 is 5.44. The fourth-order valence-corrected chi connectivity index (χ4v) is 3.39. The molecule has 6 heteroatoms. The number of aromatic nitrogens is 2. The van der Waals surface area contributed by atoms with Crippen molar-refractivity contribution in [2.45, 2.75) is 45.1 Å². The van der Waals surface area contributed by atoms with Gasteiger partial charge in [0, 0.05) is 19.5 Å². The minimum atomic E-state index is -0.734. The molecule has 0 bridgehead atoms. The summed E-state index contributed by atoms with van der Waals surface area (Å²) in [7, 11) is 0. The summed E-state index contributed by atoms with van der Waals surface area (Å²) in [5.74, 6) is 0.229. The predicted molar refractivity (Wildman–Crippen MR) is 93.1 cm³/mol. The van der Waals surface area contributed by atoms with Gasteiger partial charge in [-0.3, -0.25) is 9.69 Å². The first-order chi connectivity index (χ1) is 12.2. The number of aliphatic carboxylic acids is 1. The molecule has 2 aromatic rings. The van der Waals surface area contributed by atoms with E-state index in [4.69, 9.17) is 4.52 Å². The van der Waals surface area contributed by atoms with Crippen molar-refractivity contribution in [2.75, 3.05) is 13.1 Å². The predicted octanol–water partition coefficient (Wildman–Crippen LogP) is 3.30. The van der Waals surface area contributed by atoms with Gasteiger partial charge in [-0.2, -0.15) is 4.98 Å². The lowest BCUT2D eigenvalue weighted by molar-refractivity contribution is -0.141. The topological polar surface area (TPSA) is 79.5 Å². The molecular formula is C19H25N3O3. The van der Waals surface area contributed by atoms with Gasteiger partial charge in [0.1, 0.15) is 0 Å². The van der Waals surface area contributed by atoms with Crippen LogP contribution in [0.5, 0.6) is 0 Å². The van der Waals surface area contributed by atoms with Crippen LogP contribution in [0.3, 0.4) is 0 Å². The third kappa shape index (κ3) is 4.25. The Hall–Kier alpha value is -2.21. The highest BCUT2D eigenvalue weighted by atomic mass is 16.5. The Balaban J connectivity index is 1.81. The van der Waals surface area contributed by atoms with Crippen LogP contribution in [-0.2, 0) is 11.2 Å². The largest absolute Gasteiger partial charge is 0.481 e. The molecule has 6 nitrogen and oxygen atoms in total. The Morgan fingerprint density at radius 3 is 2.84 bits per heavy atom. The Labute approximate surface area is 147 Å². The second-order valence-corrected chi connectivity index (χ2v) is 6.64. The van der Waals surface area contributed by atoms with Crippen LogP contribution in [0.1, 0.15) is 55.9 Å². The molecule has 2 atom stereocenters. The number of nitrogens with zero attached hydrogens (tertiary/aromatic N) is 3. The average molecular weight is 343 g/mol. The number of hydrogen-bond donors (Lipinski definition) is 1. The Morgan fingerprint density at radius 2 is 2.16 bits per heavy atom. The highest BCUT2D eigenvalue weighted by Gasteiger charge is 2.35. The molecule has 2 heterocycles. The average Bonchev–Trinajstić information content (AvgIpc) is 3.27. The zero-order valence-electron chi connectivity index (χ0n) is 14.6. The van der Waals surface area contributed by atoms with E-state index < -0.39 is 5.97 Å². The molecule has 0 amide bonds. The number of carboxylic acid groups (broad SMARTS) is 1. The second-order valence-electron chi connectivity index (χ2n) is 6.64. The number of carbonyl (C=O) groups is 1. The summed E-state index contributed by atoms with van der Waals surface area (Å²) in [6, 6.07) is 9.84. The van der Waals surface area contributed by atoms with Crippen LogP contribution in [0.15, 0.2) is 34.9 Å². The third-order valence-electron chi connectivity index (χ3n) is 4.77. The molecule has 1 N–H and O–H groups in total. The van der Waals surface area contributed by atoms with Crippen LogP contribution in [-0.4, -0.2) is 39.2 Å². The lowest BCUT2D eigenvalue weighted by atomic mass is 10.0. The van der Waals surface area contributed by atoms with Crippen molar-refractivity contribution in [1.82, 2.24) is 15.0 Å². The van der Waals surface area contributed by atoms with Gasteiger partial charge < -0.3 is 9.63 Å². The van der Waals surface area contributed by atoms with E-state index in [9.17, 15) is 9.90 Å². The van der Waals surface area contributed by atoms with Crippen molar-refractivity contribution in [3.8, 4) is 0 Å². The molecule has 134 valence electrons. The molecule has 0 saturated carbocycles. The van der Waals surface area contributed by atoms with E-state index in [1.807, 2.05) is 30.3 Å². The van der Waals surface area contributed by atoms with Gasteiger partial charge in [0.05, 0.1) is 12.0 Å². The molecule has 0 radical (unpaired) electrons. The monoisotopic (exact) mass is 343 g/mol. The van der Waals surface area contributed by atoms with Gasteiger partial charge in [0.15, 0.2) is 5.82 Å². The minimum Gasteiger partial charge on any atom is -0.481 e. The number of rotatable bonds is 8. The molecule has 1 fully saturated rings. The summed E-state index contributed by atoms with van der Waals surface area (Å²) in [6.45, 7) is 3.39. The number of unbranched alkanes of at least 4 members (excludes halogenated alkanes) is 2. The number of hydrogen-bond acceptors (Lipinski definition) is 5. The Morgan fingerprint density at radius 1 is 1.36 bits per heavy atom. The third-order valence-corrected chi connectivity index (χ3v) is 4.77. The van der Waals surface area contributed by atoms with Crippen LogP contribution < -0.4 is 0 Å². The van der Waals surface area contributed by atoms with E-state index in [2.05, 4.69) is 22.0 Å². The van der Waals surface area contributed by atoms with E-state index in [0.717, 1.165) is 37.8 Å². The lowest BCUT2D eigenvalue weighted by Crippen LogP contribution is -2.29. The summed E-state index contributed by atoms with van der Waals surface area (Å²) in [4.78, 5) is 18.1. The van der Waals surface area contributed by atoms with Gasteiger partial charge in [-0.05, 0) is 18.4 Å². The van der Waals surface area contributed by atoms with Gasteiger partial charge in [-0.25, -0.2) is 0 Å². The van der Waals surface area contributed by atoms with Crippen molar-refractivity contribution in [3.63, 3.8) is 0 Å². The van der Waals surface area contributed by atoms with E-state index in [0.29, 0.717) is 24.7 Å². The molecule has 1 aliphatic rings. The molecule has 1 saturated heterocycles. The summed E-state index contributed by atoms with van der Waals surface area (Å²) in [5, 5.41) is 13.5. The zero-order valence-corrected chi connectivity index (χ0v) is 14.6. The molecule has 1 aromatic heterocycles. The van der Waals surface area contributed by atoms with E-state index in [1.54, 1.807) is 0 Å². The summed E-state index contributed by atoms with van der Waals surface area (Å²) in [5.41, 5.74) is 1.06. The molecule has 25 heavy (non-hydrogen) atoms. The molecule has 3 rings (SSSR count). The molecule has 0 spiro atoms. The van der Waals surface area contributed by atoms with Gasteiger partial charge in [0.2, 0.25) is 5.89 Å². The molecule has 1 aromatic carbocycles.